The molecule has 0 spiro atoms. The van der Waals surface area contributed by atoms with E-state index in [9.17, 15) is 14.4 Å². The predicted octanol–water partition coefficient (Wildman–Crippen LogP) is -0.768. The highest BCUT2D eigenvalue weighted by Crippen LogP contribution is 2.10. The number of hydrogen-bond donors (Lipinski definition) is 2. The molecule has 1 saturated heterocycles. The maximum atomic E-state index is 11.2. The van der Waals surface area contributed by atoms with E-state index in [4.69, 9.17) is 5.41 Å². The third-order valence-electron chi connectivity index (χ3n) is 1.75. The topological polar surface area (TPSA) is 96.3 Å². The van der Waals surface area contributed by atoms with Gasteiger partial charge in [0.2, 0.25) is 11.8 Å². The molecule has 1 unspecified atom stereocenters. The minimum Gasteiger partial charge on any atom is -0.465 e. The summed E-state index contributed by atoms with van der Waals surface area (Å²) >= 11 is 0. The second-order valence-electron chi connectivity index (χ2n) is 2.80. The molecular formula is C8H10N2O4. The first-order chi connectivity index (χ1) is 6.56. The maximum Gasteiger partial charge on any atom is 0.324 e. The summed E-state index contributed by atoms with van der Waals surface area (Å²) in [5.41, 5.74) is -0.211. The van der Waals surface area contributed by atoms with Crippen molar-refractivity contribution in [3.8, 4) is 0 Å². The number of nitrogens with one attached hydrogen (secondary N) is 2. The Bertz CT molecular complexity index is 290. The van der Waals surface area contributed by atoms with Crippen LogP contribution in [0, 0.1) is 11.3 Å². The maximum absolute atomic E-state index is 11.2. The van der Waals surface area contributed by atoms with E-state index in [1.165, 1.54) is 0 Å². The molecule has 0 radical (unpaired) electrons. The van der Waals surface area contributed by atoms with Gasteiger partial charge in [0.05, 0.1) is 13.0 Å². The Kier molecular flexibility index (Phi) is 2.95. The minimum absolute atomic E-state index is 0.143. The molecule has 1 atom stereocenters. The Morgan fingerprint density at radius 3 is 2.79 bits per heavy atom. The molecule has 0 aliphatic carbocycles. The summed E-state index contributed by atoms with van der Waals surface area (Å²) in [7, 11) is 0. The van der Waals surface area contributed by atoms with Gasteiger partial charge in [0.15, 0.2) is 5.92 Å². The molecule has 1 rings (SSSR count). The van der Waals surface area contributed by atoms with E-state index < -0.39 is 23.7 Å². The molecular weight excluding hydrogens is 188 g/mol. The van der Waals surface area contributed by atoms with Crippen molar-refractivity contribution >= 4 is 23.5 Å². The lowest BCUT2D eigenvalue weighted by molar-refractivity contribution is -0.150. The first-order valence-electron chi connectivity index (χ1n) is 4.14. The van der Waals surface area contributed by atoms with Crippen LogP contribution >= 0.6 is 0 Å². The van der Waals surface area contributed by atoms with Gasteiger partial charge in [0.1, 0.15) is 0 Å². The van der Waals surface area contributed by atoms with Crippen LogP contribution < -0.4 is 5.32 Å². The molecule has 1 fully saturated rings. The molecule has 14 heavy (non-hydrogen) atoms. The summed E-state index contributed by atoms with van der Waals surface area (Å²) in [5, 5.41) is 9.31. The van der Waals surface area contributed by atoms with Crippen LogP contribution in [0.4, 0.5) is 0 Å². The van der Waals surface area contributed by atoms with Gasteiger partial charge in [-0.15, -0.1) is 0 Å². The number of rotatable bonds is 2. The van der Waals surface area contributed by atoms with E-state index in [1.807, 2.05) is 5.32 Å². The van der Waals surface area contributed by atoms with Crippen molar-refractivity contribution in [2.24, 2.45) is 5.92 Å². The number of carbonyl (C=O) groups is 3. The lowest BCUT2D eigenvalue weighted by atomic mass is 9.96. The molecule has 6 nitrogen and oxygen atoms in total. The van der Waals surface area contributed by atoms with Crippen molar-refractivity contribution < 1.29 is 19.1 Å². The van der Waals surface area contributed by atoms with Gasteiger partial charge in [0, 0.05) is 5.71 Å². The fourth-order valence-corrected chi connectivity index (χ4v) is 1.16. The van der Waals surface area contributed by atoms with Gasteiger partial charge in [-0.3, -0.25) is 19.7 Å². The average Bonchev–Trinajstić information content (AvgIpc) is 2.01. The summed E-state index contributed by atoms with van der Waals surface area (Å²) in [6, 6.07) is 0. The summed E-state index contributed by atoms with van der Waals surface area (Å²) in [6.45, 7) is 1.75. The van der Waals surface area contributed by atoms with Gasteiger partial charge in [-0.2, -0.15) is 0 Å². The van der Waals surface area contributed by atoms with E-state index in [0.29, 0.717) is 0 Å². The van der Waals surface area contributed by atoms with Crippen LogP contribution in [-0.4, -0.2) is 30.1 Å². The monoisotopic (exact) mass is 198 g/mol. The quantitative estimate of drug-likeness (QED) is 0.346. The highest BCUT2D eigenvalue weighted by molar-refractivity contribution is 6.27. The molecule has 1 aliphatic heterocycles. The smallest absolute Gasteiger partial charge is 0.324 e. The van der Waals surface area contributed by atoms with E-state index in [1.54, 1.807) is 6.92 Å². The normalized spacial score (nSPS) is 21.8. The largest absolute Gasteiger partial charge is 0.465 e. The van der Waals surface area contributed by atoms with Gasteiger partial charge >= 0.3 is 5.97 Å². The van der Waals surface area contributed by atoms with Crippen molar-refractivity contribution in [2.75, 3.05) is 6.61 Å². The van der Waals surface area contributed by atoms with Gasteiger partial charge in [-0.1, -0.05) is 0 Å². The number of piperidine rings is 1. The Morgan fingerprint density at radius 1 is 1.64 bits per heavy atom. The van der Waals surface area contributed by atoms with Gasteiger partial charge in [0.25, 0.3) is 0 Å². The number of amides is 2. The summed E-state index contributed by atoms with van der Waals surface area (Å²) in [6.07, 6.45) is -0.227. The van der Waals surface area contributed by atoms with Gasteiger partial charge in [-0.05, 0) is 6.92 Å². The fourth-order valence-electron chi connectivity index (χ4n) is 1.16. The summed E-state index contributed by atoms with van der Waals surface area (Å²) < 4.78 is 4.61. The molecule has 6 heteroatoms. The molecule has 2 amide bonds. The van der Waals surface area contributed by atoms with E-state index in [2.05, 4.69) is 4.74 Å². The third kappa shape index (κ3) is 1.95. The zero-order valence-electron chi connectivity index (χ0n) is 7.62. The van der Waals surface area contributed by atoms with Crippen LogP contribution in [0.25, 0.3) is 0 Å². The molecule has 0 saturated carbocycles. The summed E-state index contributed by atoms with van der Waals surface area (Å²) in [5.74, 6) is -3.36. The van der Waals surface area contributed by atoms with Crippen LogP contribution in [0.5, 0.6) is 0 Å². The average molecular weight is 198 g/mol. The van der Waals surface area contributed by atoms with Crippen LogP contribution in [-0.2, 0) is 19.1 Å². The molecule has 76 valence electrons. The van der Waals surface area contributed by atoms with Crippen LogP contribution in [0.1, 0.15) is 13.3 Å². The summed E-state index contributed by atoms with van der Waals surface area (Å²) in [4.78, 5) is 33.1. The second-order valence-corrected chi connectivity index (χ2v) is 2.80. The van der Waals surface area contributed by atoms with Crippen LogP contribution in [0.15, 0.2) is 0 Å². The molecule has 1 heterocycles. The molecule has 0 aromatic heterocycles. The molecule has 0 bridgehead atoms. The lowest BCUT2D eigenvalue weighted by Crippen LogP contribution is -2.49. The number of imide groups is 1. The zero-order valence-corrected chi connectivity index (χ0v) is 7.62. The first kappa shape index (κ1) is 10.4. The number of esters is 1. The van der Waals surface area contributed by atoms with Crippen LogP contribution in [0.2, 0.25) is 0 Å². The standard InChI is InChI=1S/C8H10N2O4/c1-2-14-8(13)6-4(9)3-5(11)10-7(6)12/h6,9H,2-3H2,1H3,(H,10,11,12). The minimum atomic E-state index is -1.26. The Hall–Kier alpha value is -1.72. The van der Waals surface area contributed by atoms with Crippen molar-refractivity contribution in [2.45, 2.75) is 13.3 Å². The number of carbonyl (C=O) groups excluding carboxylic acids is 3. The number of ether oxygens (including phenoxy) is 1. The van der Waals surface area contributed by atoms with E-state index in [-0.39, 0.29) is 18.7 Å². The van der Waals surface area contributed by atoms with E-state index >= 15 is 0 Å². The fraction of sp³-hybridized carbons (Fsp3) is 0.500. The highest BCUT2D eigenvalue weighted by Gasteiger charge is 2.38. The number of hydrogen-bond acceptors (Lipinski definition) is 5. The Labute approximate surface area is 80.1 Å². The zero-order chi connectivity index (χ0) is 10.7. The third-order valence-corrected chi connectivity index (χ3v) is 1.75. The van der Waals surface area contributed by atoms with Gasteiger partial charge in [-0.25, -0.2) is 0 Å². The van der Waals surface area contributed by atoms with Crippen molar-refractivity contribution in [3.05, 3.63) is 0 Å². The molecule has 0 aromatic rings. The Balaban J connectivity index is 2.77. The van der Waals surface area contributed by atoms with E-state index in [0.717, 1.165) is 0 Å². The van der Waals surface area contributed by atoms with Crippen molar-refractivity contribution in [1.29, 1.82) is 5.41 Å². The van der Waals surface area contributed by atoms with Crippen molar-refractivity contribution in [1.82, 2.24) is 5.32 Å². The lowest BCUT2D eigenvalue weighted by Gasteiger charge is -2.19. The SMILES string of the molecule is CCOC(=O)C1C(=N)CC(=O)NC1=O. The predicted molar refractivity (Wildman–Crippen MR) is 45.6 cm³/mol. The first-order valence-corrected chi connectivity index (χ1v) is 4.14. The molecule has 1 aliphatic rings. The highest BCUT2D eigenvalue weighted by atomic mass is 16.5. The van der Waals surface area contributed by atoms with Crippen molar-refractivity contribution in [3.63, 3.8) is 0 Å². The second kappa shape index (κ2) is 3.99. The molecule has 2 N–H and O–H groups in total. The van der Waals surface area contributed by atoms with Gasteiger partial charge < -0.3 is 10.1 Å². The Morgan fingerprint density at radius 2 is 2.29 bits per heavy atom. The molecule has 0 aromatic carbocycles. The van der Waals surface area contributed by atoms with Crippen LogP contribution in [0.3, 0.4) is 0 Å².